The van der Waals surface area contributed by atoms with E-state index >= 15 is 0 Å². The van der Waals surface area contributed by atoms with Crippen LogP contribution in [0, 0.1) is 0 Å². The van der Waals surface area contributed by atoms with Gasteiger partial charge in [0.2, 0.25) is 11.8 Å². The minimum atomic E-state index is -0.242. The maximum Gasteiger partial charge on any atom is 0.246 e. The molecule has 2 rings (SSSR count). The van der Waals surface area contributed by atoms with Crippen LogP contribution in [0.25, 0.3) is 6.08 Å². The number of likely N-dealkylation sites (N-methyl/N-ethyl adjacent to an activating group) is 1. The fraction of sp³-hybridized carbons (Fsp3) is 0.133. The van der Waals surface area contributed by atoms with Crippen LogP contribution in [-0.4, -0.2) is 35.3 Å². The molecule has 2 aromatic rings. The predicted octanol–water partition coefficient (Wildman–Crippen LogP) is 2.25. The van der Waals surface area contributed by atoms with Crippen molar-refractivity contribution in [1.29, 1.82) is 0 Å². The zero-order valence-electron chi connectivity index (χ0n) is 11.5. The molecule has 0 unspecified atom stereocenters. The molecule has 2 amide bonds. The Hall–Kier alpha value is -2.47. The van der Waals surface area contributed by atoms with Crippen LogP contribution >= 0.6 is 11.3 Å². The van der Waals surface area contributed by atoms with E-state index in [2.05, 4.69) is 10.3 Å². The Morgan fingerprint density at radius 3 is 2.76 bits per heavy atom. The number of carbonyl (C=O) groups excluding carboxylic acids is 2. The molecule has 0 aliphatic heterocycles. The summed E-state index contributed by atoms with van der Waals surface area (Å²) in [5.74, 6) is -0.479. The topological polar surface area (TPSA) is 62.3 Å². The molecular weight excluding hydrogens is 286 g/mol. The SMILES string of the molecule is CN(CC(=O)Nc1ccccc1)C(=O)/C=C/c1nccs1. The van der Waals surface area contributed by atoms with Gasteiger partial charge in [0.25, 0.3) is 0 Å². The summed E-state index contributed by atoms with van der Waals surface area (Å²) in [4.78, 5) is 29.1. The van der Waals surface area contributed by atoms with Crippen molar-refractivity contribution in [2.45, 2.75) is 0 Å². The van der Waals surface area contributed by atoms with Crippen LogP contribution in [0.4, 0.5) is 5.69 Å². The molecule has 0 aliphatic carbocycles. The second kappa shape index (κ2) is 7.35. The number of para-hydroxylation sites is 1. The number of carbonyl (C=O) groups is 2. The Balaban J connectivity index is 1.84. The first-order chi connectivity index (χ1) is 10.1. The Bertz CT molecular complexity index is 624. The summed E-state index contributed by atoms with van der Waals surface area (Å²) in [7, 11) is 1.58. The first kappa shape index (κ1) is 14.9. The normalized spacial score (nSPS) is 10.5. The molecule has 108 valence electrons. The molecule has 1 N–H and O–H groups in total. The summed E-state index contributed by atoms with van der Waals surface area (Å²) in [6.45, 7) is -0.00403. The van der Waals surface area contributed by atoms with Crippen LogP contribution < -0.4 is 5.32 Å². The lowest BCUT2D eigenvalue weighted by molar-refractivity contribution is -0.129. The highest BCUT2D eigenvalue weighted by atomic mass is 32.1. The molecule has 0 bridgehead atoms. The quantitative estimate of drug-likeness (QED) is 0.862. The van der Waals surface area contributed by atoms with Gasteiger partial charge in [-0.1, -0.05) is 18.2 Å². The van der Waals surface area contributed by atoms with Gasteiger partial charge in [-0.25, -0.2) is 4.98 Å². The first-order valence-corrected chi connectivity index (χ1v) is 7.20. The fourth-order valence-electron chi connectivity index (χ4n) is 1.60. The summed E-state index contributed by atoms with van der Waals surface area (Å²) in [5.41, 5.74) is 0.710. The van der Waals surface area contributed by atoms with Crippen molar-refractivity contribution in [3.63, 3.8) is 0 Å². The summed E-state index contributed by atoms with van der Waals surface area (Å²) < 4.78 is 0. The van der Waals surface area contributed by atoms with E-state index in [1.165, 1.54) is 22.3 Å². The Kier molecular flexibility index (Phi) is 5.22. The maximum atomic E-state index is 11.9. The van der Waals surface area contributed by atoms with Gasteiger partial charge in [-0.2, -0.15) is 0 Å². The van der Waals surface area contributed by atoms with Gasteiger partial charge in [0.15, 0.2) is 0 Å². The Labute approximate surface area is 126 Å². The summed E-state index contributed by atoms with van der Waals surface area (Å²) in [6, 6.07) is 9.13. The second-order valence-corrected chi connectivity index (χ2v) is 5.24. The molecule has 0 aliphatic rings. The molecule has 0 fully saturated rings. The second-order valence-electron chi connectivity index (χ2n) is 4.31. The first-order valence-electron chi connectivity index (χ1n) is 6.33. The van der Waals surface area contributed by atoms with Gasteiger partial charge >= 0.3 is 0 Å². The highest BCUT2D eigenvalue weighted by Gasteiger charge is 2.10. The number of benzene rings is 1. The van der Waals surface area contributed by atoms with Crippen LogP contribution in [0.5, 0.6) is 0 Å². The Morgan fingerprint density at radius 2 is 2.10 bits per heavy atom. The zero-order chi connectivity index (χ0) is 15.1. The monoisotopic (exact) mass is 301 g/mol. The van der Waals surface area contributed by atoms with Crippen LogP contribution in [0.1, 0.15) is 5.01 Å². The minimum absolute atomic E-state index is 0.00403. The van der Waals surface area contributed by atoms with Gasteiger partial charge in [0.05, 0.1) is 6.54 Å². The average molecular weight is 301 g/mol. The van der Waals surface area contributed by atoms with Crippen LogP contribution in [0.3, 0.4) is 0 Å². The number of aromatic nitrogens is 1. The summed E-state index contributed by atoms with van der Waals surface area (Å²) in [5, 5.41) is 5.32. The third-order valence-corrected chi connectivity index (χ3v) is 3.38. The molecule has 1 heterocycles. The molecule has 0 atom stereocenters. The average Bonchev–Trinajstić information content (AvgIpc) is 2.98. The van der Waals surface area contributed by atoms with E-state index < -0.39 is 0 Å². The number of amides is 2. The van der Waals surface area contributed by atoms with Crippen molar-refractivity contribution in [3.8, 4) is 0 Å². The van der Waals surface area contributed by atoms with E-state index in [9.17, 15) is 9.59 Å². The van der Waals surface area contributed by atoms with Gasteiger partial charge in [-0.15, -0.1) is 11.3 Å². The van der Waals surface area contributed by atoms with Gasteiger partial charge < -0.3 is 10.2 Å². The fourth-order valence-corrected chi connectivity index (χ4v) is 2.13. The predicted molar refractivity (Wildman–Crippen MR) is 83.9 cm³/mol. The van der Waals surface area contributed by atoms with Gasteiger partial charge in [-0.05, 0) is 18.2 Å². The number of thiazole rings is 1. The van der Waals surface area contributed by atoms with E-state index in [4.69, 9.17) is 0 Å². The van der Waals surface area contributed by atoms with Crippen molar-refractivity contribution >= 4 is 34.9 Å². The summed E-state index contributed by atoms with van der Waals surface area (Å²) >= 11 is 1.44. The molecule has 21 heavy (non-hydrogen) atoms. The maximum absolute atomic E-state index is 11.9. The molecule has 6 heteroatoms. The smallest absolute Gasteiger partial charge is 0.246 e. The van der Waals surface area contributed by atoms with Crippen molar-refractivity contribution in [2.24, 2.45) is 0 Å². The van der Waals surface area contributed by atoms with E-state index in [1.807, 2.05) is 23.6 Å². The third kappa shape index (κ3) is 4.85. The molecule has 0 saturated carbocycles. The largest absolute Gasteiger partial charge is 0.333 e. The van der Waals surface area contributed by atoms with Crippen molar-refractivity contribution in [2.75, 3.05) is 18.9 Å². The number of hydrogen-bond donors (Lipinski definition) is 1. The third-order valence-electron chi connectivity index (χ3n) is 2.63. The Morgan fingerprint density at radius 1 is 1.33 bits per heavy atom. The number of nitrogens with one attached hydrogen (secondary N) is 1. The van der Waals surface area contributed by atoms with Crippen molar-refractivity contribution < 1.29 is 9.59 Å². The van der Waals surface area contributed by atoms with Gasteiger partial charge in [0.1, 0.15) is 5.01 Å². The molecule has 0 saturated heterocycles. The number of rotatable bonds is 5. The zero-order valence-corrected chi connectivity index (χ0v) is 12.3. The number of nitrogens with zero attached hydrogens (tertiary/aromatic N) is 2. The molecule has 1 aromatic heterocycles. The molecule has 5 nitrogen and oxygen atoms in total. The molecular formula is C15H15N3O2S. The van der Waals surface area contributed by atoms with Crippen LogP contribution in [0.2, 0.25) is 0 Å². The van der Waals surface area contributed by atoms with Crippen molar-refractivity contribution in [3.05, 3.63) is 53.0 Å². The lowest BCUT2D eigenvalue weighted by Crippen LogP contribution is -2.33. The minimum Gasteiger partial charge on any atom is -0.333 e. The number of anilines is 1. The standard InChI is InChI=1S/C15H15N3O2S/c1-18(15(20)8-7-14-16-9-10-21-14)11-13(19)17-12-5-3-2-4-6-12/h2-10H,11H2,1H3,(H,17,19)/b8-7+. The lowest BCUT2D eigenvalue weighted by Gasteiger charge is -2.14. The molecule has 0 radical (unpaired) electrons. The summed E-state index contributed by atoms with van der Waals surface area (Å²) in [6.07, 6.45) is 4.72. The number of hydrogen-bond acceptors (Lipinski definition) is 4. The van der Waals surface area contributed by atoms with Crippen molar-refractivity contribution in [1.82, 2.24) is 9.88 Å². The van der Waals surface area contributed by atoms with Crippen LogP contribution in [0.15, 0.2) is 48.0 Å². The van der Waals surface area contributed by atoms with E-state index in [0.717, 1.165) is 5.01 Å². The lowest BCUT2D eigenvalue weighted by atomic mass is 10.3. The van der Waals surface area contributed by atoms with E-state index in [-0.39, 0.29) is 18.4 Å². The molecule has 1 aromatic carbocycles. The van der Waals surface area contributed by atoms with Crippen LogP contribution in [-0.2, 0) is 9.59 Å². The van der Waals surface area contributed by atoms with E-state index in [1.54, 1.807) is 31.5 Å². The van der Waals surface area contributed by atoms with E-state index in [0.29, 0.717) is 5.69 Å². The highest BCUT2D eigenvalue weighted by Crippen LogP contribution is 2.07. The van der Waals surface area contributed by atoms with Gasteiger partial charge in [-0.3, -0.25) is 9.59 Å². The highest BCUT2D eigenvalue weighted by molar-refractivity contribution is 7.10. The van der Waals surface area contributed by atoms with Gasteiger partial charge in [0, 0.05) is 30.4 Å². The molecule has 0 spiro atoms.